The Kier molecular flexibility index (Phi) is 5.98. The van der Waals surface area contributed by atoms with Crippen LogP contribution < -0.4 is 11.1 Å². The van der Waals surface area contributed by atoms with Gasteiger partial charge in [-0.05, 0) is 60.9 Å². The van der Waals surface area contributed by atoms with Gasteiger partial charge < -0.3 is 11.1 Å². The van der Waals surface area contributed by atoms with Gasteiger partial charge in [-0.1, -0.05) is 6.07 Å². The van der Waals surface area contributed by atoms with Crippen molar-refractivity contribution in [2.45, 2.75) is 38.0 Å². The summed E-state index contributed by atoms with van der Waals surface area (Å²) >= 11 is 2.48. The Bertz CT molecular complexity index is 1440. The zero-order chi connectivity index (χ0) is 25.8. The first-order valence-electron chi connectivity index (χ1n) is 10.8. The second-order valence-corrected chi connectivity index (χ2v) is 10.3. The molecule has 4 aromatic rings. The van der Waals surface area contributed by atoms with Gasteiger partial charge in [0, 0.05) is 27.2 Å². The Balaban J connectivity index is 1.61. The zero-order valence-corrected chi connectivity index (χ0v) is 19.9. The molecular formula is C24H17F6N3OS2. The second kappa shape index (κ2) is 8.77. The van der Waals surface area contributed by atoms with Crippen LogP contribution in [0.2, 0.25) is 0 Å². The number of alkyl halides is 6. The van der Waals surface area contributed by atoms with E-state index in [-0.39, 0.29) is 16.6 Å². The molecule has 1 amide bonds. The maximum absolute atomic E-state index is 13.2. The highest BCUT2D eigenvalue weighted by Gasteiger charge is 2.37. The maximum atomic E-state index is 13.2. The molecular weight excluding hydrogens is 524 g/mol. The largest absolute Gasteiger partial charge is 0.416 e. The summed E-state index contributed by atoms with van der Waals surface area (Å²) in [6.45, 7) is 0. The molecule has 5 rings (SSSR count). The highest BCUT2D eigenvalue weighted by molar-refractivity contribution is 7.21. The number of fused-ring (bicyclic) bond motifs is 2. The minimum Gasteiger partial charge on any atom is -0.397 e. The average molecular weight is 542 g/mol. The molecule has 1 aromatic carbocycles. The summed E-state index contributed by atoms with van der Waals surface area (Å²) in [4.78, 5) is 19.2. The van der Waals surface area contributed by atoms with Crippen molar-refractivity contribution in [3.8, 4) is 10.4 Å². The van der Waals surface area contributed by atoms with Gasteiger partial charge in [-0.25, -0.2) is 4.98 Å². The van der Waals surface area contributed by atoms with E-state index in [0.29, 0.717) is 22.3 Å². The van der Waals surface area contributed by atoms with E-state index in [9.17, 15) is 31.1 Å². The summed E-state index contributed by atoms with van der Waals surface area (Å²) in [5.41, 5.74) is 5.66. The van der Waals surface area contributed by atoms with Gasteiger partial charge in [0.05, 0.1) is 16.8 Å². The molecule has 0 atom stereocenters. The number of pyridine rings is 1. The van der Waals surface area contributed by atoms with Crippen LogP contribution in [0.5, 0.6) is 0 Å². The normalized spacial score (nSPS) is 14.2. The molecule has 36 heavy (non-hydrogen) atoms. The number of carbonyl (C=O) groups excluding carboxylic acids is 1. The van der Waals surface area contributed by atoms with Crippen LogP contribution in [0.3, 0.4) is 0 Å². The SMILES string of the molecule is Nc1c(C(=O)Nc2cc(C(F)(F)F)cc(C(F)(F)F)c2)sc2nc3c(c(-c4cccs4)c12)CCCC3. The summed E-state index contributed by atoms with van der Waals surface area (Å²) in [5, 5.41) is 4.67. The van der Waals surface area contributed by atoms with Crippen LogP contribution in [0, 0.1) is 0 Å². The van der Waals surface area contributed by atoms with E-state index in [1.165, 1.54) is 11.3 Å². The molecule has 0 unspecified atom stereocenters. The molecule has 0 bridgehead atoms. The van der Waals surface area contributed by atoms with Crippen molar-refractivity contribution in [2.75, 3.05) is 11.1 Å². The van der Waals surface area contributed by atoms with Gasteiger partial charge in [0.25, 0.3) is 5.91 Å². The maximum Gasteiger partial charge on any atom is 0.416 e. The number of amides is 1. The summed E-state index contributed by atoms with van der Waals surface area (Å²) in [5.74, 6) is -0.905. The molecule has 1 aliphatic rings. The molecule has 3 aromatic heterocycles. The number of nitrogens with two attached hydrogens (primary N) is 1. The molecule has 1 aliphatic carbocycles. The molecule has 3 N–H and O–H groups in total. The molecule has 0 radical (unpaired) electrons. The van der Waals surface area contributed by atoms with E-state index in [1.807, 2.05) is 17.5 Å². The lowest BCUT2D eigenvalue weighted by atomic mass is 9.90. The van der Waals surface area contributed by atoms with E-state index >= 15 is 0 Å². The minimum absolute atomic E-state index is 0.00516. The summed E-state index contributed by atoms with van der Waals surface area (Å²) in [7, 11) is 0. The number of nitrogens with one attached hydrogen (secondary N) is 1. The lowest BCUT2D eigenvalue weighted by molar-refractivity contribution is -0.143. The number of benzene rings is 1. The molecule has 0 spiro atoms. The number of hydrogen-bond donors (Lipinski definition) is 2. The fraction of sp³-hybridized carbons (Fsp3) is 0.250. The number of hydrogen-bond acceptors (Lipinski definition) is 5. The first-order chi connectivity index (χ1) is 16.9. The monoisotopic (exact) mass is 541 g/mol. The number of thiophene rings is 2. The average Bonchev–Trinajstić information content (AvgIpc) is 3.45. The smallest absolute Gasteiger partial charge is 0.397 e. The van der Waals surface area contributed by atoms with Gasteiger partial charge in [-0.3, -0.25) is 4.79 Å². The number of aryl methyl sites for hydroxylation is 1. The number of rotatable bonds is 3. The van der Waals surface area contributed by atoms with Crippen molar-refractivity contribution in [2.24, 2.45) is 0 Å². The first-order valence-corrected chi connectivity index (χ1v) is 12.5. The predicted molar refractivity (Wildman–Crippen MR) is 128 cm³/mol. The van der Waals surface area contributed by atoms with Crippen molar-refractivity contribution < 1.29 is 31.1 Å². The van der Waals surface area contributed by atoms with E-state index in [2.05, 4.69) is 5.32 Å². The Morgan fingerprint density at radius 3 is 2.28 bits per heavy atom. The van der Waals surface area contributed by atoms with Gasteiger partial charge in [0.1, 0.15) is 9.71 Å². The summed E-state index contributed by atoms with van der Waals surface area (Å²) in [6, 6.07) is 4.76. The highest BCUT2D eigenvalue weighted by Crippen LogP contribution is 2.45. The van der Waals surface area contributed by atoms with Crippen molar-refractivity contribution in [3.05, 3.63) is 63.0 Å². The van der Waals surface area contributed by atoms with Crippen LogP contribution in [0.1, 0.15) is 44.9 Å². The lowest BCUT2D eigenvalue weighted by Crippen LogP contribution is -2.16. The van der Waals surface area contributed by atoms with Crippen LogP contribution in [0.15, 0.2) is 35.7 Å². The number of anilines is 2. The zero-order valence-electron chi connectivity index (χ0n) is 18.3. The number of carbonyl (C=O) groups is 1. The Morgan fingerprint density at radius 1 is 1.00 bits per heavy atom. The van der Waals surface area contributed by atoms with Crippen molar-refractivity contribution in [1.82, 2.24) is 4.98 Å². The molecule has 4 nitrogen and oxygen atoms in total. The highest BCUT2D eigenvalue weighted by atomic mass is 32.1. The fourth-order valence-corrected chi connectivity index (χ4v) is 6.21. The van der Waals surface area contributed by atoms with Gasteiger partial charge >= 0.3 is 12.4 Å². The molecule has 0 saturated carbocycles. The summed E-state index contributed by atoms with van der Waals surface area (Å²) in [6.07, 6.45) is -6.54. The topological polar surface area (TPSA) is 68.0 Å². The number of halogens is 6. The van der Waals surface area contributed by atoms with Crippen LogP contribution in [0.25, 0.3) is 20.7 Å². The molecule has 3 heterocycles. The van der Waals surface area contributed by atoms with Crippen LogP contribution in [-0.4, -0.2) is 10.9 Å². The van der Waals surface area contributed by atoms with E-state index < -0.39 is 35.1 Å². The summed E-state index contributed by atoms with van der Waals surface area (Å²) < 4.78 is 79.3. The van der Waals surface area contributed by atoms with E-state index in [4.69, 9.17) is 10.7 Å². The van der Waals surface area contributed by atoms with E-state index in [1.54, 1.807) is 0 Å². The predicted octanol–water partition coefficient (Wildman–Crippen LogP) is 7.78. The molecule has 12 heteroatoms. The van der Waals surface area contributed by atoms with Gasteiger partial charge in [0.15, 0.2) is 0 Å². The Labute approximate surface area is 208 Å². The number of nitrogen functional groups attached to an aromatic ring is 1. The van der Waals surface area contributed by atoms with E-state index in [0.717, 1.165) is 58.7 Å². The third-order valence-corrected chi connectivity index (χ3v) is 7.96. The first kappa shape index (κ1) is 24.6. The molecule has 188 valence electrons. The standard InChI is InChI=1S/C24H17F6N3OS2/c25-23(26,27)11-8-12(24(28,29)30)10-13(9-11)32-21(34)20-19(31)18-17(16-6-3-7-35-16)14-4-1-2-5-15(14)33-22(18)36-20/h3,6-10H,1-2,4-5,31H2,(H,32,34). The third kappa shape index (κ3) is 4.43. The van der Waals surface area contributed by atoms with Gasteiger partial charge in [-0.15, -0.1) is 22.7 Å². The fourth-order valence-electron chi connectivity index (χ4n) is 4.38. The van der Waals surface area contributed by atoms with Gasteiger partial charge in [0.2, 0.25) is 0 Å². The van der Waals surface area contributed by atoms with Crippen molar-refractivity contribution in [3.63, 3.8) is 0 Å². The second-order valence-electron chi connectivity index (χ2n) is 8.37. The van der Waals surface area contributed by atoms with Crippen LogP contribution >= 0.6 is 22.7 Å². The Morgan fingerprint density at radius 2 is 1.67 bits per heavy atom. The Hall–Kier alpha value is -3.12. The van der Waals surface area contributed by atoms with Gasteiger partial charge in [-0.2, -0.15) is 26.3 Å². The van der Waals surface area contributed by atoms with Crippen molar-refractivity contribution in [1.29, 1.82) is 0 Å². The number of aromatic nitrogens is 1. The van der Waals surface area contributed by atoms with Crippen LogP contribution in [0.4, 0.5) is 37.7 Å². The molecule has 0 saturated heterocycles. The number of nitrogens with zero attached hydrogens (tertiary/aromatic N) is 1. The lowest BCUT2D eigenvalue weighted by Gasteiger charge is -2.19. The molecule has 0 aliphatic heterocycles. The molecule has 0 fully saturated rings. The third-order valence-electron chi connectivity index (χ3n) is 5.97. The quantitative estimate of drug-likeness (QED) is 0.260. The minimum atomic E-state index is -5.03. The van der Waals surface area contributed by atoms with Crippen molar-refractivity contribution >= 4 is 50.2 Å². The van der Waals surface area contributed by atoms with Crippen LogP contribution in [-0.2, 0) is 25.2 Å².